The van der Waals surface area contributed by atoms with Crippen molar-refractivity contribution in [2.45, 2.75) is 52.9 Å². The highest BCUT2D eigenvalue weighted by Crippen LogP contribution is 2.40. The van der Waals surface area contributed by atoms with Crippen LogP contribution >= 0.6 is 0 Å². The third-order valence-electron chi connectivity index (χ3n) is 6.95. The van der Waals surface area contributed by atoms with Gasteiger partial charge in [0.25, 0.3) is 5.91 Å². The number of methoxy groups -OCH3 is 1. The number of esters is 1. The summed E-state index contributed by atoms with van der Waals surface area (Å²) in [6.45, 7) is 7.72. The summed E-state index contributed by atoms with van der Waals surface area (Å²) in [6.07, 6.45) is 2.42. The minimum atomic E-state index is -0.839. The van der Waals surface area contributed by atoms with Crippen molar-refractivity contribution in [2.24, 2.45) is 5.41 Å². The van der Waals surface area contributed by atoms with Gasteiger partial charge in [-0.3, -0.25) is 9.59 Å². The van der Waals surface area contributed by atoms with E-state index in [1.165, 1.54) is 17.7 Å². The van der Waals surface area contributed by atoms with Crippen molar-refractivity contribution in [1.82, 2.24) is 0 Å². The number of phenols is 1. The number of rotatable bonds is 6. The van der Waals surface area contributed by atoms with Gasteiger partial charge in [0.15, 0.2) is 11.6 Å². The summed E-state index contributed by atoms with van der Waals surface area (Å²) in [5.41, 5.74) is 3.62. The first-order chi connectivity index (χ1) is 18.0. The minimum Gasteiger partial charge on any atom is -0.505 e. The molecule has 0 saturated carbocycles. The summed E-state index contributed by atoms with van der Waals surface area (Å²) in [4.78, 5) is 27.4. The lowest BCUT2D eigenvalue weighted by Crippen LogP contribution is -2.32. The average molecular weight is 520 g/mol. The van der Waals surface area contributed by atoms with Gasteiger partial charge in [-0.15, -0.1) is 0 Å². The molecule has 0 saturated heterocycles. The number of hydrogen-bond acceptors (Lipinski definition) is 5. The lowest BCUT2D eigenvalue weighted by Gasteiger charge is -2.31. The van der Waals surface area contributed by atoms with Gasteiger partial charge in [0, 0.05) is 18.2 Å². The van der Waals surface area contributed by atoms with Gasteiger partial charge < -0.3 is 19.5 Å². The van der Waals surface area contributed by atoms with Crippen LogP contribution in [0, 0.1) is 11.2 Å². The van der Waals surface area contributed by atoms with E-state index in [9.17, 15) is 19.1 Å². The van der Waals surface area contributed by atoms with Crippen molar-refractivity contribution < 1.29 is 28.6 Å². The van der Waals surface area contributed by atoms with Gasteiger partial charge in [0.2, 0.25) is 0 Å². The van der Waals surface area contributed by atoms with Crippen molar-refractivity contribution in [3.05, 3.63) is 82.7 Å². The quantitative estimate of drug-likeness (QED) is 0.300. The second kappa shape index (κ2) is 10.9. The maximum Gasteiger partial charge on any atom is 0.316 e. The summed E-state index contributed by atoms with van der Waals surface area (Å²) >= 11 is 0. The molecule has 38 heavy (non-hydrogen) atoms. The van der Waals surface area contributed by atoms with Crippen LogP contribution in [0.25, 0.3) is 0 Å². The number of benzene rings is 3. The Balaban J connectivity index is 1.64. The van der Waals surface area contributed by atoms with E-state index in [0.717, 1.165) is 42.1 Å². The molecule has 6 nitrogen and oxygen atoms in total. The Labute approximate surface area is 223 Å². The van der Waals surface area contributed by atoms with E-state index >= 15 is 0 Å². The molecule has 1 aliphatic carbocycles. The zero-order chi connectivity index (χ0) is 27.6. The molecular weight excluding hydrogens is 485 g/mol. The van der Waals surface area contributed by atoms with Gasteiger partial charge in [-0.25, -0.2) is 4.39 Å². The lowest BCUT2D eigenvalue weighted by atomic mass is 9.79. The molecule has 1 N–H and O–H groups in total. The molecule has 0 unspecified atom stereocenters. The fourth-order valence-corrected chi connectivity index (χ4v) is 4.77. The molecule has 3 aromatic rings. The standard InChI is InChI=1S/C31H34FNO5/c1-6-33(29(35)22-10-14-28(34)26(32)17-22)27-18-23(37-5)12-13-25(27)21-8-7-20-16-24(11-9-19(20)15-21)38-30(36)31(2,3)4/h9-14,16-18,21,34H,6-8,15H2,1-5H3/t21-/m1/s1. The van der Waals surface area contributed by atoms with Crippen LogP contribution in [0.4, 0.5) is 10.1 Å². The number of carbonyl (C=O) groups is 2. The predicted molar refractivity (Wildman–Crippen MR) is 145 cm³/mol. The molecule has 0 radical (unpaired) electrons. The fraction of sp³-hybridized carbons (Fsp3) is 0.355. The maximum absolute atomic E-state index is 14.0. The van der Waals surface area contributed by atoms with Crippen LogP contribution in [0.1, 0.15) is 67.1 Å². The van der Waals surface area contributed by atoms with Gasteiger partial charge in [-0.1, -0.05) is 12.1 Å². The highest BCUT2D eigenvalue weighted by atomic mass is 19.1. The van der Waals surface area contributed by atoms with Crippen molar-refractivity contribution in [3.63, 3.8) is 0 Å². The molecule has 1 amide bonds. The van der Waals surface area contributed by atoms with Gasteiger partial charge in [0.05, 0.1) is 18.2 Å². The Bertz CT molecular complexity index is 1360. The van der Waals surface area contributed by atoms with Crippen molar-refractivity contribution in [2.75, 3.05) is 18.6 Å². The van der Waals surface area contributed by atoms with Crippen molar-refractivity contribution in [3.8, 4) is 17.2 Å². The fourth-order valence-electron chi connectivity index (χ4n) is 4.77. The SMILES string of the molecule is CCN(C(=O)c1ccc(O)c(F)c1)c1cc(OC)ccc1[C@@H]1CCc2cc(OC(=O)C(C)(C)C)ccc2C1. The number of aryl methyl sites for hydroxylation is 1. The third kappa shape index (κ3) is 5.67. The topological polar surface area (TPSA) is 76.1 Å². The van der Waals surface area contributed by atoms with E-state index in [0.29, 0.717) is 18.0 Å². The zero-order valence-corrected chi connectivity index (χ0v) is 22.5. The van der Waals surface area contributed by atoms with Gasteiger partial charge in [-0.2, -0.15) is 0 Å². The van der Waals surface area contributed by atoms with Crippen LogP contribution in [0.15, 0.2) is 54.6 Å². The van der Waals surface area contributed by atoms with Crippen LogP contribution in [0.3, 0.4) is 0 Å². The monoisotopic (exact) mass is 519 g/mol. The third-order valence-corrected chi connectivity index (χ3v) is 6.95. The highest BCUT2D eigenvalue weighted by molar-refractivity contribution is 6.06. The Morgan fingerprint density at radius 3 is 2.42 bits per heavy atom. The molecule has 0 spiro atoms. The molecule has 4 rings (SSSR count). The Morgan fingerprint density at radius 1 is 1.03 bits per heavy atom. The first-order valence-electron chi connectivity index (χ1n) is 12.8. The Hall–Kier alpha value is -3.87. The summed E-state index contributed by atoms with van der Waals surface area (Å²) in [6, 6.07) is 15.2. The molecule has 0 aromatic heterocycles. The number of aromatic hydroxyl groups is 1. The molecule has 0 aliphatic heterocycles. The van der Waals surface area contributed by atoms with E-state index in [1.54, 1.807) is 12.0 Å². The number of ether oxygens (including phenoxy) is 2. The summed E-state index contributed by atoms with van der Waals surface area (Å²) in [5.74, 6) is -0.651. The van der Waals surface area contributed by atoms with Crippen LogP contribution in [-0.4, -0.2) is 30.6 Å². The number of carbonyl (C=O) groups excluding carboxylic acids is 2. The summed E-state index contributed by atoms with van der Waals surface area (Å²) in [7, 11) is 1.58. The van der Waals surface area contributed by atoms with Crippen LogP contribution in [0.2, 0.25) is 0 Å². The maximum atomic E-state index is 14.0. The van der Waals surface area contributed by atoms with E-state index in [2.05, 4.69) is 0 Å². The van der Waals surface area contributed by atoms with Crippen LogP contribution in [-0.2, 0) is 17.6 Å². The van der Waals surface area contributed by atoms with Crippen molar-refractivity contribution in [1.29, 1.82) is 0 Å². The van der Waals surface area contributed by atoms with E-state index in [4.69, 9.17) is 9.47 Å². The Morgan fingerprint density at radius 2 is 1.76 bits per heavy atom. The predicted octanol–water partition coefficient (Wildman–Crippen LogP) is 6.43. The molecule has 200 valence electrons. The molecular formula is C31H34FNO5. The largest absolute Gasteiger partial charge is 0.505 e. The number of nitrogens with zero attached hydrogens (tertiary/aromatic N) is 1. The number of halogens is 1. The molecule has 1 atom stereocenters. The first kappa shape index (κ1) is 27.2. The molecule has 0 bridgehead atoms. The summed E-state index contributed by atoms with van der Waals surface area (Å²) in [5, 5.41) is 9.56. The zero-order valence-electron chi connectivity index (χ0n) is 22.5. The van der Waals surface area contributed by atoms with Crippen LogP contribution < -0.4 is 14.4 Å². The molecule has 3 aromatic carbocycles. The van der Waals surface area contributed by atoms with Crippen molar-refractivity contribution >= 4 is 17.6 Å². The molecule has 0 heterocycles. The van der Waals surface area contributed by atoms with E-state index < -0.39 is 17.0 Å². The number of fused-ring (bicyclic) bond motifs is 1. The summed E-state index contributed by atoms with van der Waals surface area (Å²) < 4.78 is 25.1. The highest BCUT2D eigenvalue weighted by Gasteiger charge is 2.28. The number of phenolic OH excluding ortho intramolecular Hbond substituents is 1. The number of anilines is 1. The average Bonchev–Trinajstić information content (AvgIpc) is 2.89. The molecule has 0 fully saturated rings. The van der Waals surface area contributed by atoms with Gasteiger partial charge >= 0.3 is 5.97 Å². The second-order valence-corrected chi connectivity index (χ2v) is 10.7. The van der Waals surface area contributed by atoms with E-state index in [-0.39, 0.29) is 23.4 Å². The van der Waals surface area contributed by atoms with Gasteiger partial charge in [-0.05, 0) is 106 Å². The van der Waals surface area contributed by atoms with Gasteiger partial charge in [0.1, 0.15) is 11.5 Å². The Kier molecular flexibility index (Phi) is 7.76. The van der Waals surface area contributed by atoms with E-state index in [1.807, 2.05) is 64.1 Å². The first-order valence-corrected chi connectivity index (χ1v) is 12.8. The number of amides is 1. The second-order valence-electron chi connectivity index (χ2n) is 10.7. The smallest absolute Gasteiger partial charge is 0.316 e. The van der Waals surface area contributed by atoms with Crippen LogP contribution in [0.5, 0.6) is 17.2 Å². The minimum absolute atomic E-state index is 0.143. The normalized spacial score (nSPS) is 14.9. The lowest BCUT2D eigenvalue weighted by molar-refractivity contribution is -0.143. The number of hydrogen-bond donors (Lipinski definition) is 1. The molecule has 1 aliphatic rings. The molecule has 7 heteroatoms.